The second-order valence-corrected chi connectivity index (χ2v) is 19.7. The number of hydrogen-bond donors (Lipinski definition) is 0. The Bertz CT molecular complexity index is 2400. The highest BCUT2D eigenvalue weighted by Crippen LogP contribution is 2.62. The lowest BCUT2D eigenvalue weighted by Gasteiger charge is -2.57. The van der Waals surface area contributed by atoms with Crippen LogP contribution in [-0.2, 0) is 10.8 Å². The molecule has 0 amide bonds. The van der Waals surface area contributed by atoms with E-state index in [0.717, 1.165) is 74.5 Å². The summed E-state index contributed by atoms with van der Waals surface area (Å²) in [6.07, 6.45) is 16.9. The van der Waals surface area contributed by atoms with Gasteiger partial charge in [0.25, 0.3) is 0 Å². The van der Waals surface area contributed by atoms with Crippen LogP contribution in [0.15, 0.2) is 121 Å². The van der Waals surface area contributed by atoms with E-state index in [4.69, 9.17) is 15.0 Å². The largest absolute Gasteiger partial charge is 0.208 e. The maximum absolute atomic E-state index is 9.67. The highest BCUT2D eigenvalue weighted by atomic mass is 15.0. The van der Waals surface area contributed by atoms with E-state index in [1.165, 1.54) is 88.2 Å². The van der Waals surface area contributed by atoms with E-state index >= 15 is 0 Å². The standard InChI is InChI=1S/C54H50N4/c55-33-34-5-4-8-44(25-34)45-13-18-48(49(26-45)41-6-2-1-3-7-41)52-57-50(42-9-14-46(15-10-42)53-27-35-19-36(28-53)21-37(20-35)29-53)56-51(58-52)43-11-16-47(17-12-43)54-30-38-22-39(31-54)24-40(23-38)32-54/h1-18,25-26,35-40H,19-24,27-32H2. The van der Waals surface area contributed by atoms with Gasteiger partial charge in [0.2, 0.25) is 0 Å². The number of hydrogen-bond acceptors (Lipinski definition) is 4. The zero-order valence-electron chi connectivity index (χ0n) is 33.3. The van der Waals surface area contributed by atoms with Crippen molar-refractivity contribution >= 4 is 0 Å². The first-order valence-corrected chi connectivity index (χ1v) is 22.1. The third kappa shape index (κ3) is 5.87. The third-order valence-corrected chi connectivity index (χ3v) is 15.9. The molecule has 8 aliphatic carbocycles. The lowest BCUT2D eigenvalue weighted by atomic mass is 9.48. The molecule has 1 heterocycles. The minimum absolute atomic E-state index is 0.347. The van der Waals surface area contributed by atoms with E-state index in [-0.39, 0.29) is 0 Å². The normalized spacial score (nSPS) is 30.1. The Kier molecular flexibility index (Phi) is 7.95. The minimum Gasteiger partial charge on any atom is -0.208 e. The van der Waals surface area contributed by atoms with Crippen LogP contribution < -0.4 is 0 Å². The van der Waals surface area contributed by atoms with E-state index < -0.39 is 0 Å². The van der Waals surface area contributed by atoms with Crippen LogP contribution in [0.1, 0.15) is 93.7 Å². The lowest BCUT2D eigenvalue weighted by molar-refractivity contribution is -0.00530. The molecule has 8 fully saturated rings. The van der Waals surface area contributed by atoms with E-state index in [1.807, 2.05) is 18.2 Å². The number of nitrogens with zero attached hydrogens (tertiary/aromatic N) is 4. The van der Waals surface area contributed by atoms with Crippen molar-refractivity contribution in [3.8, 4) is 62.5 Å². The quantitative estimate of drug-likeness (QED) is 0.163. The number of benzene rings is 5. The van der Waals surface area contributed by atoms with Crippen molar-refractivity contribution in [1.82, 2.24) is 15.0 Å². The molecule has 58 heavy (non-hydrogen) atoms. The molecule has 286 valence electrons. The van der Waals surface area contributed by atoms with Crippen molar-refractivity contribution < 1.29 is 0 Å². The average Bonchev–Trinajstić information content (AvgIpc) is 3.25. The summed E-state index contributed by atoms with van der Waals surface area (Å²) in [6, 6.07) is 46.0. The van der Waals surface area contributed by atoms with Crippen LogP contribution in [0.5, 0.6) is 0 Å². The first-order valence-electron chi connectivity index (χ1n) is 22.1. The maximum Gasteiger partial charge on any atom is 0.164 e. The summed E-state index contributed by atoms with van der Waals surface area (Å²) in [5.41, 5.74) is 11.6. The van der Waals surface area contributed by atoms with Gasteiger partial charge in [-0.1, -0.05) is 97.1 Å². The monoisotopic (exact) mass is 754 g/mol. The molecular weight excluding hydrogens is 705 g/mol. The van der Waals surface area contributed by atoms with Crippen molar-refractivity contribution in [2.24, 2.45) is 35.5 Å². The van der Waals surface area contributed by atoms with Gasteiger partial charge in [0.1, 0.15) is 0 Å². The molecule has 6 aromatic rings. The Hall–Kier alpha value is -5.40. The zero-order valence-corrected chi connectivity index (χ0v) is 33.3. The first-order chi connectivity index (χ1) is 28.5. The fourth-order valence-electron chi connectivity index (χ4n) is 14.2. The van der Waals surface area contributed by atoms with Crippen molar-refractivity contribution in [2.75, 3.05) is 0 Å². The fraction of sp³-hybridized carbons (Fsp3) is 0.370. The minimum atomic E-state index is 0.347. The molecule has 0 atom stereocenters. The van der Waals surface area contributed by atoms with Crippen molar-refractivity contribution in [3.05, 3.63) is 138 Å². The number of nitriles is 1. The van der Waals surface area contributed by atoms with E-state index in [9.17, 15) is 5.26 Å². The van der Waals surface area contributed by atoms with Gasteiger partial charge in [-0.2, -0.15) is 5.26 Å². The van der Waals surface area contributed by atoms with Crippen LogP contribution in [0.2, 0.25) is 0 Å². The van der Waals surface area contributed by atoms with Gasteiger partial charge in [-0.15, -0.1) is 0 Å². The predicted molar refractivity (Wildman–Crippen MR) is 231 cm³/mol. The average molecular weight is 755 g/mol. The molecule has 0 spiro atoms. The summed E-state index contributed by atoms with van der Waals surface area (Å²) in [7, 11) is 0. The third-order valence-electron chi connectivity index (χ3n) is 15.9. The van der Waals surface area contributed by atoms with Crippen LogP contribution in [0.4, 0.5) is 0 Å². The number of aromatic nitrogens is 3. The van der Waals surface area contributed by atoms with Gasteiger partial charge in [-0.25, -0.2) is 15.0 Å². The Balaban J connectivity index is 0.967. The van der Waals surface area contributed by atoms with Crippen molar-refractivity contribution in [1.29, 1.82) is 5.26 Å². The molecule has 4 nitrogen and oxygen atoms in total. The molecule has 14 rings (SSSR count). The number of rotatable bonds is 7. The lowest BCUT2D eigenvalue weighted by Crippen LogP contribution is -2.48. The van der Waals surface area contributed by atoms with Crippen LogP contribution >= 0.6 is 0 Å². The molecule has 0 radical (unpaired) electrons. The van der Waals surface area contributed by atoms with Gasteiger partial charge in [0.15, 0.2) is 17.5 Å². The molecule has 0 N–H and O–H groups in total. The van der Waals surface area contributed by atoms with Crippen LogP contribution in [0.3, 0.4) is 0 Å². The van der Waals surface area contributed by atoms with Gasteiger partial charge in [-0.3, -0.25) is 0 Å². The maximum atomic E-state index is 9.67. The molecule has 1 aromatic heterocycles. The van der Waals surface area contributed by atoms with Crippen LogP contribution in [-0.4, -0.2) is 15.0 Å². The topological polar surface area (TPSA) is 62.5 Å². The zero-order chi connectivity index (χ0) is 38.4. The Morgan fingerprint density at radius 2 is 0.828 bits per heavy atom. The second-order valence-electron chi connectivity index (χ2n) is 19.7. The van der Waals surface area contributed by atoms with Crippen molar-refractivity contribution in [3.63, 3.8) is 0 Å². The highest BCUT2D eigenvalue weighted by molar-refractivity contribution is 5.86. The molecule has 0 aliphatic heterocycles. The smallest absolute Gasteiger partial charge is 0.164 e. The van der Waals surface area contributed by atoms with E-state index in [1.54, 1.807) is 0 Å². The second kappa shape index (κ2) is 13.3. The summed E-state index contributed by atoms with van der Waals surface area (Å²) < 4.78 is 0. The molecule has 8 bridgehead atoms. The van der Waals surface area contributed by atoms with Gasteiger partial charge < -0.3 is 0 Å². The summed E-state index contributed by atoms with van der Waals surface area (Å²) in [4.78, 5) is 15.9. The van der Waals surface area contributed by atoms with E-state index in [2.05, 4.69) is 109 Å². The van der Waals surface area contributed by atoms with Crippen LogP contribution in [0, 0.1) is 46.8 Å². The molecule has 0 saturated heterocycles. The SMILES string of the molecule is N#Cc1cccc(-c2ccc(-c3nc(-c4ccc(C56CC7CC(CC(C7)C5)C6)cc4)nc(-c4ccc(C56CC7CC(CC(C7)C5)C6)cc4)n3)c(-c3ccccc3)c2)c1. The molecule has 8 aliphatic rings. The first kappa shape index (κ1) is 34.6. The van der Waals surface area contributed by atoms with E-state index in [0.29, 0.717) is 33.9 Å². The Labute approximate surface area is 342 Å². The van der Waals surface area contributed by atoms with Crippen LogP contribution in [0.25, 0.3) is 56.4 Å². The molecule has 8 saturated carbocycles. The summed E-state index contributed by atoms with van der Waals surface area (Å²) in [6.45, 7) is 0. The van der Waals surface area contributed by atoms with Crippen molar-refractivity contribution in [2.45, 2.75) is 87.9 Å². The van der Waals surface area contributed by atoms with Gasteiger partial charge in [0.05, 0.1) is 11.6 Å². The van der Waals surface area contributed by atoms with Gasteiger partial charge >= 0.3 is 0 Å². The molecule has 0 unspecified atom stereocenters. The molecule has 4 heteroatoms. The molecular formula is C54H50N4. The summed E-state index contributed by atoms with van der Waals surface area (Å²) >= 11 is 0. The predicted octanol–water partition coefficient (Wildman–Crippen LogP) is 13.0. The summed E-state index contributed by atoms with van der Waals surface area (Å²) in [5.74, 6) is 7.57. The van der Waals surface area contributed by atoms with Gasteiger partial charge in [-0.05, 0) is 181 Å². The fourth-order valence-corrected chi connectivity index (χ4v) is 14.2. The Morgan fingerprint density at radius 3 is 1.31 bits per heavy atom. The van der Waals surface area contributed by atoms with Gasteiger partial charge in [0, 0.05) is 16.7 Å². The molecule has 5 aromatic carbocycles. The highest BCUT2D eigenvalue weighted by Gasteiger charge is 2.52. The Morgan fingerprint density at radius 1 is 0.397 bits per heavy atom. The summed E-state index contributed by atoms with van der Waals surface area (Å²) in [5, 5.41) is 9.67.